The Labute approximate surface area is 308 Å². The molecule has 250 valence electrons. The van der Waals surface area contributed by atoms with Gasteiger partial charge in [-0.25, -0.2) is 9.97 Å². The van der Waals surface area contributed by atoms with Crippen molar-refractivity contribution in [2.45, 2.75) is 13.8 Å². The average molecular weight is 714 g/mol. The predicted molar refractivity (Wildman–Crippen MR) is 218 cm³/mol. The van der Waals surface area contributed by atoms with Gasteiger partial charge in [-0.3, -0.25) is 8.80 Å². The van der Waals surface area contributed by atoms with Crippen LogP contribution in [-0.4, -0.2) is 18.8 Å². The van der Waals surface area contributed by atoms with Gasteiger partial charge in [-0.05, 0) is 95.9 Å². The Morgan fingerprint density at radius 2 is 1.15 bits per heavy atom. The van der Waals surface area contributed by atoms with Crippen LogP contribution in [-0.2, 0) is 0 Å². The number of hydrogen-bond donors (Lipinski definition) is 2. The standard InChI is InChI=1S/C44H30Cl2N6/c1-25-14-19-38-33(20-25)32-21-27(15-17-31(32)44-48-23-40(51(38)44)49-36-12-6-5-11-34(36)45)28-16-18-37(35(46)22-28)50-41-24-47-43-30-10-4-3-9-29(30)42-26(2)8-7-13-39(42)52(41)43/h3-24,49-50H,1-2H3. The van der Waals surface area contributed by atoms with E-state index in [1.165, 1.54) is 21.9 Å². The van der Waals surface area contributed by atoms with Crippen LogP contribution in [0.15, 0.2) is 134 Å². The molecule has 10 rings (SSSR count). The topological polar surface area (TPSA) is 58.7 Å². The van der Waals surface area contributed by atoms with Gasteiger partial charge in [0.15, 0.2) is 0 Å². The van der Waals surface area contributed by atoms with Crippen molar-refractivity contribution in [2.75, 3.05) is 10.6 Å². The second-order valence-corrected chi connectivity index (χ2v) is 14.1. The van der Waals surface area contributed by atoms with Gasteiger partial charge in [0.1, 0.15) is 22.9 Å². The first-order valence-electron chi connectivity index (χ1n) is 17.1. The van der Waals surface area contributed by atoms with Crippen molar-refractivity contribution in [2.24, 2.45) is 0 Å². The number of anilines is 4. The quantitative estimate of drug-likeness (QED) is 0.174. The summed E-state index contributed by atoms with van der Waals surface area (Å²) in [5, 5.41) is 15.2. The van der Waals surface area contributed by atoms with Crippen LogP contribution in [0.25, 0.3) is 65.8 Å². The molecular weight excluding hydrogens is 683 g/mol. The zero-order valence-corrected chi connectivity index (χ0v) is 29.8. The number of benzene rings is 6. The highest BCUT2D eigenvalue weighted by atomic mass is 35.5. The fourth-order valence-electron chi connectivity index (χ4n) is 7.67. The molecule has 6 nitrogen and oxygen atoms in total. The molecule has 2 N–H and O–H groups in total. The van der Waals surface area contributed by atoms with E-state index in [4.69, 9.17) is 33.2 Å². The van der Waals surface area contributed by atoms with Crippen molar-refractivity contribution in [3.8, 4) is 11.1 Å². The van der Waals surface area contributed by atoms with Crippen LogP contribution in [0, 0.1) is 13.8 Å². The van der Waals surface area contributed by atoms with Gasteiger partial charge in [0, 0.05) is 21.5 Å². The Morgan fingerprint density at radius 3 is 1.92 bits per heavy atom. The Balaban J connectivity index is 1.06. The number of imidazole rings is 2. The van der Waals surface area contributed by atoms with Crippen LogP contribution in [0.2, 0.25) is 10.0 Å². The molecule has 0 amide bonds. The minimum Gasteiger partial charge on any atom is -0.339 e. The van der Waals surface area contributed by atoms with E-state index in [1.807, 2.05) is 48.8 Å². The third-order valence-corrected chi connectivity index (χ3v) is 10.7. The Morgan fingerprint density at radius 1 is 0.500 bits per heavy atom. The van der Waals surface area contributed by atoms with Gasteiger partial charge < -0.3 is 10.6 Å². The second kappa shape index (κ2) is 11.7. The highest BCUT2D eigenvalue weighted by molar-refractivity contribution is 6.34. The highest BCUT2D eigenvalue weighted by Gasteiger charge is 2.18. The number of nitrogens with zero attached hydrogens (tertiary/aromatic N) is 4. The minimum absolute atomic E-state index is 0.619. The van der Waals surface area contributed by atoms with Gasteiger partial charge in [0.25, 0.3) is 0 Å². The number of fused-ring (bicyclic) bond motifs is 12. The van der Waals surface area contributed by atoms with E-state index in [0.29, 0.717) is 10.0 Å². The zero-order chi connectivity index (χ0) is 35.1. The summed E-state index contributed by atoms with van der Waals surface area (Å²) >= 11 is 13.6. The van der Waals surface area contributed by atoms with Crippen LogP contribution < -0.4 is 10.6 Å². The predicted octanol–water partition coefficient (Wildman–Crippen LogP) is 12.7. The molecule has 0 unspecified atom stereocenters. The molecule has 4 aromatic heterocycles. The summed E-state index contributed by atoms with van der Waals surface area (Å²) in [6.45, 7) is 4.28. The third-order valence-electron chi connectivity index (χ3n) is 10.1. The summed E-state index contributed by atoms with van der Waals surface area (Å²) in [5.41, 5.74) is 10.0. The maximum absolute atomic E-state index is 7.06. The summed E-state index contributed by atoms with van der Waals surface area (Å²) in [6.07, 6.45) is 3.75. The van der Waals surface area contributed by atoms with E-state index in [1.54, 1.807) is 0 Å². The van der Waals surface area contributed by atoms with E-state index >= 15 is 0 Å². The fourth-order valence-corrected chi connectivity index (χ4v) is 8.08. The smallest absolute Gasteiger partial charge is 0.146 e. The largest absolute Gasteiger partial charge is 0.339 e. The number of para-hydroxylation sites is 1. The molecule has 52 heavy (non-hydrogen) atoms. The lowest BCUT2D eigenvalue weighted by Crippen LogP contribution is -1.99. The van der Waals surface area contributed by atoms with Crippen molar-refractivity contribution >= 4 is 101 Å². The molecule has 8 heteroatoms. The molecule has 6 aromatic carbocycles. The summed E-state index contributed by atoms with van der Waals surface area (Å²) in [4.78, 5) is 9.76. The molecule has 0 aliphatic heterocycles. The average Bonchev–Trinajstić information content (AvgIpc) is 3.78. The lowest BCUT2D eigenvalue weighted by Gasteiger charge is -2.15. The van der Waals surface area contributed by atoms with E-state index in [2.05, 4.69) is 118 Å². The minimum atomic E-state index is 0.619. The maximum Gasteiger partial charge on any atom is 0.146 e. The van der Waals surface area contributed by atoms with E-state index in [-0.39, 0.29) is 0 Å². The first-order chi connectivity index (χ1) is 25.4. The third kappa shape index (κ3) is 4.72. The molecule has 0 aliphatic carbocycles. The lowest BCUT2D eigenvalue weighted by molar-refractivity contribution is 1.26. The zero-order valence-electron chi connectivity index (χ0n) is 28.2. The second-order valence-electron chi connectivity index (χ2n) is 13.3. The number of pyridine rings is 2. The van der Waals surface area contributed by atoms with Crippen molar-refractivity contribution in [1.82, 2.24) is 18.8 Å². The van der Waals surface area contributed by atoms with Gasteiger partial charge in [0.2, 0.25) is 0 Å². The molecular formula is C44H30Cl2N6. The summed E-state index contributed by atoms with van der Waals surface area (Å²) < 4.78 is 4.36. The Kier molecular flexibility index (Phi) is 6.93. The van der Waals surface area contributed by atoms with Crippen LogP contribution in [0.4, 0.5) is 23.0 Å². The number of hydrogen-bond acceptors (Lipinski definition) is 4. The molecule has 0 atom stereocenters. The number of rotatable bonds is 5. The molecule has 0 bridgehead atoms. The monoisotopic (exact) mass is 712 g/mol. The molecule has 0 spiro atoms. The first kappa shape index (κ1) is 30.7. The highest BCUT2D eigenvalue weighted by Crippen LogP contribution is 2.39. The first-order valence-corrected chi connectivity index (χ1v) is 17.9. The number of nitrogens with one attached hydrogen (secondary N) is 2. The summed E-state index contributed by atoms with van der Waals surface area (Å²) in [6, 6.07) is 41.9. The SMILES string of the molecule is Cc1ccc2c(c1)c1cc(-c3ccc(Nc4cnc5c6ccccc6c6c(C)cccc6n45)c(Cl)c3)ccc1c1ncc(Nc3ccccc3Cl)n21. The summed E-state index contributed by atoms with van der Waals surface area (Å²) in [7, 11) is 0. The normalized spacial score (nSPS) is 11.8. The van der Waals surface area contributed by atoms with Crippen LogP contribution in [0.3, 0.4) is 0 Å². The van der Waals surface area contributed by atoms with Crippen molar-refractivity contribution in [3.63, 3.8) is 0 Å². The molecule has 0 fully saturated rings. The molecule has 0 saturated carbocycles. The number of halogens is 2. The number of aryl methyl sites for hydroxylation is 2. The number of aromatic nitrogens is 4. The fraction of sp³-hybridized carbons (Fsp3) is 0.0455. The molecule has 0 saturated heterocycles. The van der Waals surface area contributed by atoms with Gasteiger partial charge in [-0.2, -0.15) is 0 Å². The maximum atomic E-state index is 7.06. The Bertz CT molecular complexity index is 3090. The molecule has 0 aliphatic rings. The van der Waals surface area contributed by atoms with Crippen molar-refractivity contribution in [1.29, 1.82) is 0 Å². The van der Waals surface area contributed by atoms with Crippen LogP contribution in [0.1, 0.15) is 11.1 Å². The molecule has 4 heterocycles. The van der Waals surface area contributed by atoms with Crippen molar-refractivity contribution in [3.05, 3.63) is 155 Å². The van der Waals surface area contributed by atoms with Crippen molar-refractivity contribution < 1.29 is 0 Å². The molecule has 0 radical (unpaired) electrons. The van der Waals surface area contributed by atoms with E-state index < -0.39 is 0 Å². The van der Waals surface area contributed by atoms with Gasteiger partial charge in [0.05, 0.1) is 44.8 Å². The van der Waals surface area contributed by atoms with Crippen LogP contribution >= 0.6 is 23.2 Å². The van der Waals surface area contributed by atoms with Crippen LogP contribution in [0.5, 0.6) is 0 Å². The van der Waals surface area contributed by atoms with Gasteiger partial charge in [-0.1, -0.05) is 95.5 Å². The molecule has 10 aromatic rings. The lowest BCUT2D eigenvalue weighted by atomic mass is 9.98. The van der Waals surface area contributed by atoms with Gasteiger partial charge in [-0.15, -0.1) is 0 Å². The Hall–Kier alpha value is -6.08. The van der Waals surface area contributed by atoms with E-state index in [9.17, 15) is 0 Å². The van der Waals surface area contributed by atoms with Gasteiger partial charge >= 0.3 is 0 Å². The van der Waals surface area contributed by atoms with E-state index in [0.717, 1.165) is 78.0 Å². The summed E-state index contributed by atoms with van der Waals surface area (Å²) in [5.74, 6) is 1.70.